The normalized spacial score (nSPS) is 11.6. The number of carbonyl (C=O) groups is 2. The first-order valence-electron chi connectivity index (χ1n) is 12.4. The van der Waals surface area contributed by atoms with Gasteiger partial charge in [-0.05, 0) is 53.6 Å². The zero-order chi connectivity index (χ0) is 25.3. The van der Waals surface area contributed by atoms with Gasteiger partial charge in [0.2, 0.25) is 5.91 Å². The van der Waals surface area contributed by atoms with Crippen LogP contribution in [-0.4, -0.2) is 34.2 Å². The van der Waals surface area contributed by atoms with Crippen LogP contribution in [0.5, 0.6) is 0 Å². The quantitative estimate of drug-likeness (QED) is 0.240. The second-order valence-electron chi connectivity index (χ2n) is 8.95. The third kappa shape index (κ3) is 6.49. The fourth-order valence-electron chi connectivity index (χ4n) is 4.12. The van der Waals surface area contributed by atoms with Gasteiger partial charge in [-0.2, -0.15) is 0 Å². The molecule has 1 unspecified atom stereocenters. The monoisotopic (exact) mass is 496 g/mol. The number of rotatable bonds is 10. The van der Waals surface area contributed by atoms with Gasteiger partial charge in [-0.3, -0.25) is 9.59 Å². The predicted octanol–water partition coefficient (Wildman–Crippen LogP) is 6.88. The van der Waals surface area contributed by atoms with Crippen molar-refractivity contribution in [2.45, 2.75) is 39.4 Å². The van der Waals surface area contributed by atoms with E-state index in [9.17, 15) is 9.59 Å². The highest BCUT2D eigenvalue weighted by molar-refractivity contribution is 7.09. The Balaban J connectivity index is 1.53. The first-order valence-corrected chi connectivity index (χ1v) is 13.2. The maximum absolute atomic E-state index is 13.6. The average molecular weight is 497 g/mol. The van der Waals surface area contributed by atoms with E-state index in [1.165, 1.54) is 0 Å². The molecule has 0 N–H and O–H groups in total. The second-order valence-corrected chi connectivity index (χ2v) is 9.98. The van der Waals surface area contributed by atoms with Crippen molar-refractivity contribution in [2.75, 3.05) is 6.54 Å². The summed E-state index contributed by atoms with van der Waals surface area (Å²) >= 11 is 1.64. The van der Waals surface area contributed by atoms with Crippen molar-refractivity contribution >= 4 is 23.2 Å². The van der Waals surface area contributed by atoms with Crippen molar-refractivity contribution in [2.24, 2.45) is 0 Å². The van der Waals surface area contributed by atoms with Crippen LogP contribution < -0.4 is 0 Å². The smallest absolute Gasteiger partial charge is 0.254 e. The van der Waals surface area contributed by atoms with E-state index in [2.05, 4.69) is 12.1 Å². The van der Waals surface area contributed by atoms with Crippen LogP contribution in [0, 0.1) is 0 Å². The van der Waals surface area contributed by atoms with Gasteiger partial charge >= 0.3 is 0 Å². The molecule has 1 heterocycles. The van der Waals surface area contributed by atoms with Crippen LogP contribution in [0.4, 0.5) is 0 Å². The minimum absolute atomic E-state index is 0.0481. The van der Waals surface area contributed by atoms with Gasteiger partial charge in [0.05, 0.1) is 6.54 Å². The molecule has 0 spiro atoms. The highest BCUT2D eigenvalue weighted by Gasteiger charge is 2.26. The molecule has 3 aromatic carbocycles. The molecule has 4 rings (SSSR count). The summed E-state index contributed by atoms with van der Waals surface area (Å²) in [6, 6.07) is 31.7. The summed E-state index contributed by atoms with van der Waals surface area (Å²) < 4.78 is 0. The molecular formula is C31H32N2O2S. The van der Waals surface area contributed by atoms with Gasteiger partial charge in [0.1, 0.15) is 6.54 Å². The molecule has 0 bridgehead atoms. The van der Waals surface area contributed by atoms with Crippen LogP contribution in [0.25, 0.3) is 11.1 Å². The lowest BCUT2D eigenvalue weighted by Crippen LogP contribution is -2.46. The van der Waals surface area contributed by atoms with E-state index >= 15 is 0 Å². The molecule has 0 aliphatic heterocycles. The predicted molar refractivity (Wildman–Crippen MR) is 148 cm³/mol. The third-order valence-electron chi connectivity index (χ3n) is 6.42. The van der Waals surface area contributed by atoms with Gasteiger partial charge in [0.15, 0.2) is 0 Å². The summed E-state index contributed by atoms with van der Waals surface area (Å²) in [5.41, 5.74) is 3.83. The SMILES string of the molecule is CCC(C)N(CC(=O)N(Cc1ccccc1)Cc1cccs1)C(=O)c1ccc(-c2ccccc2)cc1. The molecule has 1 atom stereocenters. The number of thiophene rings is 1. The Hall–Kier alpha value is -3.70. The summed E-state index contributed by atoms with van der Waals surface area (Å²) in [6.07, 6.45) is 0.769. The van der Waals surface area contributed by atoms with Crippen LogP contribution in [0.15, 0.2) is 102 Å². The number of benzene rings is 3. The van der Waals surface area contributed by atoms with E-state index in [0.29, 0.717) is 18.7 Å². The van der Waals surface area contributed by atoms with Crippen LogP contribution in [0.2, 0.25) is 0 Å². The standard InChI is InChI=1S/C31H32N2O2S/c1-3-24(2)33(31(35)28-18-16-27(17-19-28)26-13-8-5-9-14-26)23-30(34)32(22-29-15-10-20-36-29)21-25-11-6-4-7-12-25/h4-20,24H,3,21-23H2,1-2H3. The lowest BCUT2D eigenvalue weighted by atomic mass is 10.0. The van der Waals surface area contributed by atoms with Crippen molar-refractivity contribution in [3.8, 4) is 11.1 Å². The summed E-state index contributed by atoms with van der Waals surface area (Å²) in [4.78, 5) is 31.9. The molecule has 0 aliphatic rings. The van der Waals surface area contributed by atoms with Crippen LogP contribution in [0.1, 0.15) is 41.1 Å². The Bertz CT molecular complexity index is 1240. The molecule has 0 saturated carbocycles. The van der Waals surface area contributed by atoms with Gasteiger partial charge in [-0.15, -0.1) is 11.3 Å². The summed E-state index contributed by atoms with van der Waals surface area (Å²) in [5.74, 6) is -0.171. The average Bonchev–Trinajstić information content (AvgIpc) is 3.45. The molecule has 0 radical (unpaired) electrons. The number of hydrogen-bond donors (Lipinski definition) is 0. The first kappa shape index (κ1) is 25.4. The van der Waals surface area contributed by atoms with E-state index in [-0.39, 0.29) is 24.4 Å². The van der Waals surface area contributed by atoms with E-state index in [1.807, 2.05) is 109 Å². The number of carbonyl (C=O) groups excluding carboxylic acids is 2. The Labute approximate surface area is 217 Å². The molecule has 0 saturated heterocycles. The molecule has 0 aliphatic carbocycles. The first-order chi connectivity index (χ1) is 17.5. The maximum atomic E-state index is 13.6. The number of nitrogens with zero attached hydrogens (tertiary/aromatic N) is 2. The topological polar surface area (TPSA) is 40.6 Å². The Morgan fingerprint density at radius 2 is 1.42 bits per heavy atom. The molecule has 184 valence electrons. The zero-order valence-corrected chi connectivity index (χ0v) is 21.7. The van der Waals surface area contributed by atoms with Gasteiger partial charge in [-0.1, -0.05) is 85.8 Å². The van der Waals surface area contributed by atoms with Crippen LogP contribution >= 0.6 is 11.3 Å². The Kier molecular flexibility index (Phi) is 8.69. The molecular weight excluding hydrogens is 464 g/mol. The lowest BCUT2D eigenvalue weighted by Gasteiger charge is -2.31. The number of amides is 2. The van der Waals surface area contributed by atoms with Gasteiger partial charge in [0.25, 0.3) is 5.91 Å². The lowest BCUT2D eigenvalue weighted by molar-refractivity contribution is -0.133. The molecule has 1 aromatic heterocycles. The second kappa shape index (κ2) is 12.3. The largest absolute Gasteiger partial charge is 0.332 e. The fraction of sp³-hybridized carbons (Fsp3) is 0.226. The van der Waals surface area contributed by atoms with Crippen molar-refractivity contribution in [1.29, 1.82) is 0 Å². The van der Waals surface area contributed by atoms with Crippen LogP contribution in [-0.2, 0) is 17.9 Å². The summed E-state index contributed by atoms with van der Waals surface area (Å²) in [6.45, 7) is 5.13. The Morgan fingerprint density at radius 1 is 0.778 bits per heavy atom. The minimum atomic E-state index is -0.118. The molecule has 4 aromatic rings. The van der Waals surface area contributed by atoms with Crippen molar-refractivity contribution in [3.05, 3.63) is 118 Å². The van der Waals surface area contributed by atoms with Gasteiger partial charge in [-0.25, -0.2) is 0 Å². The molecule has 4 nitrogen and oxygen atoms in total. The molecule has 36 heavy (non-hydrogen) atoms. The van der Waals surface area contributed by atoms with Crippen molar-refractivity contribution in [1.82, 2.24) is 9.80 Å². The molecule has 2 amide bonds. The van der Waals surface area contributed by atoms with E-state index in [4.69, 9.17) is 0 Å². The van der Waals surface area contributed by atoms with E-state index < -0.39 is 0 Å². The van der Waals surface area contributed by atoms with E-state index in [0.717, 1.165) is 28.0 Å². The Morgan fingerprint density at radius 3 is 2.03 bits per heavy atom. The summed E-state index contributed by atoms with van der Waals surface area (Å²) in [5, 5.41) is 2.02. The fourth-order valence-corrected chi connectivity index (χ4v) is 4.84. The zero-order valence-electron chi connectivity index (χ0n) is 20.8. The number of hydrogen-bond acceptors (Lipinski definition) is 3. The van der Waals surface area contributed by atoms with Gasteiger partial charge < -0.3 is 9.80 Å². The van der Waals surface area contributed by atoms with Gasteiger partial charge in [0, 0.05) is 23.0 Å². The third-order valence-corrected chi connectivity index (χ3v) is 7.29. The van der Waals surface area contributed by atoms with Crippen LogP contribution in [0.3, 0.4) is 0 Å². The highest BCUT2D eigenvalue weighted by Crippen LogP contribution is 2.21. The van der Waals surface area contributed by atoms with E-state index in [1.54, 1.807) is 16.2 Å². The summed E-state index contributed by atoms with van der Waals surface area (Å²) in [7, 11) is 0. The molecule has 0 fully saturated rings. The minimum Gasteiger partial charge on any atom is -0.332 e. The van der Waals surface area contributed by atoms with Crippen molar-refractivity contribution in [3.63, 3.8) is 0 Å². The maximum Gasteiger partial charge on any atom is 0.254 e. The van der Waals surface area contributed by atoms with Crippen molar-refractivity contribution < 1.29 is 9.59 Å². The molecule has 5 heteroatoms. The highest BCUT2D eigenvalue weighted by atomic mass is 32.1.